The molecular formula is C10H10ClN5O2. The fourth-order valence-electron chi connectivity index (χ4n) is 1.47. The van der Waals surface area contributed by atoms with Gasteiger partial charge in [0.2, 0.25) is 0 Å². The zero-order valence-corrected chi connectivity index (χ0v) is 10.3. The van der Waals surface area contributed by atoms with Gasteiger partial charge in [-0.3, -0.25) is 10.1 Å². The molecule has 1 aromatic heterocycles. The highest BCUT2D eigenvalue weighted by atomic mass is 35.5. The maximum atomic E-state index is 10.8. The third-order valence-corrected chi connectivity index (χ3v) is 2.61. The van der Waals surface area contributed by atoms with Crippen LogP contribution in [0.5, 0.6) is 0 Å². The smallest absolute Gasteiger partial charge is 0.290 e. The lowest BCUT2D eigenvalue weighted by Gasteiger charge is -2.01. The van der Waals surface area contributed by atoms with E-state index in [9.17, 15) is 10.1 Å². The number of nitro benzene ring substituents is 1. The second kappa shape index (κ2) is 5.11. The Bertz CT molecular complexity index is 583. The normalized spacial score (nSPS) is 10.6. The Labute approximate surface area is 108 Å². The summed E-state index contributed by atoms with van der Waals surface area (Å²) < 4.78 is 1.47. The molecule has 2 aromatic rings. The summed E-state index contributed by atoms with van der Waals surface area (Å²) in [6, 6.07) is 4.47. The number of rotatable bonds is 4. The van der Waals surface area contributed by atoms with Crippen LogP contribution in [0.15, 0.2) is 24.4 Å². The minimum absolute atomic E-state index is 0.0966. The third kappa shape index (κ3) is 2.47. The summed E-state index contributed by atoms with van der Waals surface area (Å²) in [6.45, 7) is 0.579. The van der Waals surface area contributed by atoms with E-state index in [1.165, 1.54) is 16.8 Å². The van der Waals surface area contributed by atoms with Gasteiger partial charge < -0.3 is 5.32 Å². The van der Waals surface area contributed by atoms with E-state index >= 15 is 0 Å². The van der Waals surface area contributed by atoms with Gasteiger partial charge in [-0.25, -0.2) is 4.68 Å². The standard InChI is InChI=1S/C10H10ClN5O2/c1-12-5-7-6-15(14-13-7)8-2-3-9(11)10(4-8)16(17)18/h2-4,6,12H,5H2,1H3. The molecule has 2 rings (SSSR count). The number of aromatic nitrogens is 3. The van der Waals surface area contributed by atoms with Crippen molar-refractivity contribution in [2.24, 2.45) is 0 Å². The van der Waals surface area contributed by atoms with Crippen LogP contribution in [0.3, 0.4) is 0 Å². The number of nitro groups is 1. The van der Waals surface area contributed by atoms with E-state index in [-0.39, 0.29) is 10.7 Å². The van der Waals surface area contributed by atoms with Gasteiger partial charge in [0.1, 0.15) is 5.02 Å². The van der Waals surface area contributed by atoms with E-state index in [4.69, 9.17) is 11.6 Å². The molecule has 8 heteroatoms. The molecule has 18 heavy (non-hydrogen) atoms. The molecule has 0 unspecified atom stereocenters. The van der Waals surface area contributed by atoms with Crippen LogP contribution in [0.4, 0.5) is 5.69 Å². The second-order valence-corrected chi connectivity index (χ2v) is 3.98. The van der Waals surface area contributed by atoms with Crippen molar-refractivity contribution < 1.29 is 4.92 Å². The van der Waals surface area contributed by atoms with Crippen LogP contribution in [-0.2, 0) is 6.54 Å². The van der Waals surface area contributed by atoms with Crippen molar-refractivity contribution in [3.8, 4) is 5.69 Å². The van der Waals surface area contributed by atoms with Crippen LogP contribution in [0.1, 0.15) is 5.69 Å². The summed E-state index contributed by atoms with van der Waals surface area (Å²) in [5.74, 6) is 0. The molecule has 0 amide bonds. The average Bonchev–Trinajstić information content (AvgIpc) is 2.78. The average molecular weight is 268 g/mol. The maximum absolute atomic E-state index is 10.8. The minimum Gasteiger partial charge on any atom is -0.314 e. The quantitative estimate of drug-likeness (QED) is 0.671. The Morgan fingerprint density at radius 1 is 1.56 bits per heavy atom. The maximum Gasteiger partial charge on any atom is 0.290 e. The summed E-state index contributed by atoms with van der Waals surface area (Å²) in [6.07, 6.45) is 1.70. The molecule has 0 spiro atoms. The van der Waals surface area contributed by atoms with Crippen molar-refractivity contribution in [1.29, 1.82) is 0 Å². The van der Waals surface area contributed by atoms with Crippen molar-refractivity contribution in [2.75, 3.05) is 7.05 Å². The highest BCUT2D eigenvalue weighted by Crippen LogP contribution is 2.26. The summed E-state index contributed by atoms with van der Waals surface area (Å²) in [5.41, 5.74) is 1.14. The molecule has 0 saturated heterocycles. The van der Waals surface area contributed by atoms with Crippen molar-refractivity contribution in [3.05, 3.63) is 45.2 Å². The van der Waals surface area contributed by atoms with Gasteiger partial charge >= 0.3 is 0 Å². The molecule has 0 radical (unpaired) electrons. The molecule has 94 valence electrons. The Hall–Kier alpha value is -1.99. The molecule has 1 aromatic carbocycles. The number of nitrogens with zero attached hydrogens (tertiary/aromatic N) is 4. The topological polar surface area (TPSA) is 85.9 Å². The van der Waals surface area contributed by atoms with Crippen molar-refractivity contribution in [2.45, 2.75) is 6.54 Å². The van der Waals surface area contributed by atoms with E-state index in [1.54, 1.807) is 19.3 Å². The molecule has 7 nitrogen and oxygen atoms in total. The van der Waals surface area contributed by atoms with Gasteiger partial charge in [0.25, 0.3) is 5.69 Å². The highest BCUT2D eigenvalue weighted by molar-refractivity contribution is 6.32. The van der Waals surface area contributed by atoms with Crippen LogP contribution in [0, 0.1) is 10.1 Å². The predicted octanol–water partition coefficient (Wildman–Crippen LogP) is 1.55. The number of halogens is 1. The van der Waals surface area contributed by atoms with Crippen LogP contribution in [0.25, 0.3) is 5.69 Å². The zero-order valence-electron chi connectivity index (χ0n) is 9.50. The monoisotopic (exact) mass is 267 g/mol. The Kier molecular flexibility index (Phi) is 3.54. The first-order valence-corrected chi connectivity index (χ1v) is 5.49. The molecule has 0 aliphatic carbocycles. The van der Waals surface area contributed by atoms with E-state index in [1.807, 2.05) is 0 Å². The second-order valence-electron chi connectivity index (χ2n) is 3.58. The molecule has 1 heterocycles. The number of hydrogen-bond acceptors (Lipinski definition) is 5. The first-order valence-electron chi connectivity index (χ1n) is 5.12. The highest BCUT2D eigenvalue weighted by Gasteiger charge is 2.14. The van der Waals surface area contributed by atoms with Crippen LogP contribution >= 0.6 is 11.6 Å². The number of benzene rings is 1. The van der Waals surface area contributed by atoms with Crippen LogP contribution in [0.2, 0.25) is 5.02 Å². The third-order valence-electron chi connectivity index (χ3n) is 2.29. The van der Waals surface area contributed by atoms with Crippen molar-refractivity contribution in [3.63, 3.8) is 0 Å². The first-order chi connectivity index (χ1) is 8.61. The van der Waals surface area contributed by atoms with E-state index in [0.717, 1.165) is 5.69 Å². The van der Waals surface area contributed by atoms with Crippen molar-refractivity contribution >= 4 is 17.3 Å². The van der Waals surface area contributed by atoms with Gasteiger partial charge in [0, 0.05) is 12.6 Å². The molecule has 0 saturated carbocycles. The van der Waals surface area contributed by atoms with Crippen LogP contribution in [-0.4, -0.2) is 27.0 Å². The minimum atomic E-state index is -0.530. The van der Waals surface area contributed by atoms with Crippen LogP contribution < -0.4 is 5.32 Å². The van der Waals surface area contributed by atoms with Gasteiger partial charge in [0.15, 0.2) is 0 Å². The summed E-state index contributed by atoms with van der Waals surface area (Å²) in [7, 11) is 1.80. The lowest BCUT2D eigenvalue weighted by Crippen LogP contribution is -2.05. The lowest BCUT2D eigenvalue weighted by molar-refractivity contribution is -0.384. The largest absolute Gasteiger partial charge is 0.314 e. The molecule has 0 aliphatic rings. The zero-order chi connectivity index (χ0) is 13.1. The SMILES string of the molecule is CNCc1cn(-c2ccc(Cl)c([N+](=O)[O-])c2)nn1. The van der Waals surface area contributed by atoms with E-state index in [0.29, 0.717) is 12.2 Å². The van der Waals surface area contributed by atoms with Crippen molar-refractivity contribution in [1.82, 2.24) is 20.3 Å². The molecule has 0 aliphatic heterocycles. The molecule has 1 N–H and O–H groups in total. The molecule has 0 fully saturated rings. The fraction of sp³-hybridized carbons (Fsp3) is 0.200. The number of nitrogens with one attached hydrogen (secondary N) is 1. The summed E-state index contributed by atoms with van der Waals surface area (Å²) >= 11 is 5.74. The van der Waals surface area contributed by atoms with Gasteiger partial charge in [-0.15, -0.1) is 5.10 Å². The Morgan fingerprint density at radius 3 is 3.00 bits per heavy atom. The summed E-state index contributed by atoms with van der Waals surface area (Å²) in [4.78, 5) is 10.2. The Balaban J connectivity index is 2.38. The summed E-state index contributed by atoms with van der Waals surface area (Å²) in [5, 5.41) is 21.6. The molecular weight excluding hydrogens is 258 g/mol. The predicted molar refractivity (Wildman–Crippen MR) is 65.8 cm³/mol. The Morgan fingerprint density at radius 2 is 2.33 bits per heavy atom. The molecule has 0 atom stereocenters. The number of hydrogen-bond donors (Lipinski definition) is 1. The van der Waals surface area contributed by atoms with Gasteiger partial charge in [-0.05, 0) is 19.2 Å². The van der Waals surface area contributed by atoms with Gasteiger partial charge in [-0.1, -0.05) is 16.8 Å². The van der Waals surface area contributed by atoms with Gasteiger partial charge in [-0.2, -0.15) is 0 Å². The fourth-order valence-corrected chi connectivity index (χ4v) is 1.66. The lowest BCUT2D eigenvalue weighted by atomic mass is 10.3. The van der Waals surface area contributed by atoms with Gasteiger partial charge in [0.05, 0.1) is 22.5 Å². The molecule has 0 bridgehead atoms. The first kappa shape index (κ1) is 12.5. The van der Waals surface area contributed by atoms with E-state index in [2.05, 4.69) is 15.6 Å². The van der Waals surface area contributed by atoms with E-state index < -0.39 is 4.92 Å².